The number of rotatable bonds is 5. The normalized spacial score (nSPS) is 13.2. The third kappa shape index (κ3) is 4.21. The second-order valence-electron chi connectivity index (χ2n) is 3.70. The molecule has 0 aliphatic carbocycles. The Labute approximate surface area is 106 Å². The molecule has 1 N–H and O–H groups in total. The van der Waals surface area contributed by atoms with Gasteiger partial charge in [0.05, 0.1) is 7.11 Å². The molecular weight excluding hydrogens is 238 g/mol. The predicted octanol–water partition coefficient (Wildman–Crippen LogP) is 2.63. The number of nitrogens with one attached hydrogen (secondary N) is 1. The van der Waals surface area contributed by atoms with E-state index in [0.717, 1.165) is 11.1 Å². The molecule has 0 saturated carbocycles. The molecule has 17 heavy (non-hydrogen) atoms. The van der Waals surface area contributed by atoms with Gasteiger partial charge in [-0.25, -0.2) is 4.79 Å². The molecule has 0 aliphatic heterocycles. The van der Waals surface area contributed by atoms with Crippen LogP contribution in [0.2, 0.25) is 0 Å². The van der Waals surface area contributed by atoms with E-state index in [-0.39, 0.29) is 5.97 Å². The Bertz CT molecular complexity index is 390. The molecular formula is C13H16ClNO2. The monoisotopic (exact) mass is 253 g/mol. The van der Waals surface area contributed by atoms with E-state index >= 15 is 0 Å². The van der Waals surface area contributed by atoms with Gasteiger partial charge in [0.15, 0.2) is 0 Å². The van der Waals surface area contributed by atoms with Gasteiger partial charge in [-0.05, 0) is 18.1 Å². The maximum atomic E-state index is 11.7. The van der Waals surface area contributed by atoms with Crippen LogP contribution < -0.4 is 5.32 Å². The first-order valence-corrected chi connectivity index (χ1v) is 5.74. The van der Waals surface area contributed by atoms with Gasteiger partial charge in [-0.1, -0.05) is 41.9 Å². The number of esters is 1. The summed E-state index contributed by atoms with van der Waals surface area (Å²) < 4.78 is 4.78. The van der Waals surface area contributed by atoms with Crippen LogP contribution in [0.5, 0.6) is 0 Å². The van der Waals surface area contributed by atoms with Gasteiger partial charge in [0, 0.05) is 12.1 Å². The van der Waals surface area contributed by atoms with Crippen molar-refractivity contribution in [3.05, 3.63) is 47.0 Å². The number of ether oxygens (including phenoxy) is 1. The van der Waals surface area contributed by atoms with E-state index in [1.54, 1.807) is 0 Å². The number of carbonyl (C=O) groups excluding carboxylic acids is 1. The van der Waals surface area contributed by atoms with E-state index in [0.29, 0.717) is 6.54 Å². The molecule has 0 radical (unpaired) electrons. The van der Waals surface area contributed by atoms with Gasteiger partial charge >= 0.3 is 5.97 Å². The average molecular weight is 254 g/mol. The smallest absolute Gasteiger partial charge is 0.327 e. The number of methoxy groups -OCH3 is 1. The van der Waals surface area contributed by atoms with Crippen molar-refractivity contribution in [2.24, 2.45) is 0 Å². The number of hydrogen-bond donors (Lipinski definition) is 1. The van der Waals surface area contributed by atoms with Crippen molar-refractivity contribution >= 4 is 17.6 Å². The van der Waals surface area contributed by atoms with Crippen molar-refractivity contribution in [3.63, 3.8) is 0 Å². The fourth-order valence-electron chi connectivity index (χ4n) is 1.40. The summed E-state index contributed by atoms with van der Waals surface area (Å²) in [5.74, 6) is -0.307. The summed E-state index contributed by atoms with van der Waals surface area (Å²) in [5.41, 5.74) is 3.32. The van der Waals surface area contributed by atoms with E-state index in [9.17, 15) is 4.79 Å². The Morgan fingerprint density at radius 2 is 2.12 bits per heavy atom. The maximum absolute atomic E-state index is 11.7. The standard InChI is InChI=1S/C13H16ClNO2/c1-10(8-14)9-15-12(13(16)17-2)11-6-4-3-5-7-11/h3-8,12,15H,9H2,1-2H3/b10-8+. The number of halogens is 1. The molecule has 0 saturated heterocycles. The highest BCUT2D eigenvalue weighted by Crippen LogP contribution is 2.14. The van der Waals surface area contributed by atoms with Gasteiger partial charge in [0.1, 0.15) is 6.04 Å². The highest BCUT2D eigenvalue weighted by molar-refractivity contribution is 6.25. The maximum Gasteiger partial charge on any atom is 0.327 e. The van der Waals surface area contributed by atoms with E-state index < -0.39 is 6.04 Å². The van der Waals surface area contributed by atoms with Crippen LogP contribution in [0.1, 0.15) is 18.5 Å². The second-order valence-corrected chi connectivity index (χ2v) is 3.92. The summed E-state index contributed by atoms with van der Waals surface area (Å²) >= 11 is 5.58. The van der Waals surface area contributed by atoms with Crippen LogP contribution in [0.15, 0.2) is 41.4 Å². The van der Waals surface area contributed by atoms with Crippen molar-refractivity contribution in [1.29, 1.82) is 0 Å². The predicted molar refractivity (Wildman–Crippen MR) is 68.8 cm³/mol. The van der Waals surface area contributed by atoms with Gasteiger partial charge in [-0.2, -0.15) is 0 Å². The Kier molecular flexibility index (Phi) is 5.73. The van der Waals surface area contributed by atoms with E-state index in [1.165, 1.54) is 12.6 Å². The molecule has 0 fully saturated rings. The summed E-state index contributed by atoms with van der Waals surface area (Å²) in [6, 6.07) is 8.98. The van der Waals surface area contributed by atoms with Crippen LogP contribution >= 0.6 is 11.6 Å². The quantitative estimate of drug-likeness (QED) is 0.820. The largest absolute Gasteiger partial charge is 0.468 e. The van der Waals surface area contributed by atoms with Crippen LogP contribution in [0, 0.1) is 0 Å². The van der Waals surface area contributed by atoms with Gasteiger partial charge in [-0.15, -0.1) is 0 Å². The fraction of sp³-hybridized carbons (Fsp3) is 0.308. The molecule has 1 unspecified atom stereocenters. The molecule has 4 heteroatoms. The third-order valence-electron chi connectivity index (χ3n) is 2.34. The lowest BCUT2D eigenvalue weighted by Gasteiger charge is -2.16. The minimum atomic E-state index is -0.465. The van der Waals surface area contributed by atoms with Crippen LogP contribution in [-0.2, 0) is 9.53 Å². The molecule has 1 atom stereocenters. The zero-order valence-electron chi connectivity index (χ0n) is 9.94. The van der Waals surface area contributed by atoms with Crippen LogP contribution in [-0.4, -0.2) is 19.6 Å². The first-order chi connectivity index (χ1) is 8.19. The number of carbonyl (C=O) groups is 1. The SMILES string of the molecule is COC(=O)C(NC/C(C)=C/Cl)c1ccccc1. The van der Waals surface area contributed by atoms with Gasteiger partial charge < -0.3 is 4.74 Å². The lowest BCUT2D eigenvalue weighted by Crippen LogP contribution is -2.30. The summed E-state index contributed by atoms with van der Waals surface area (Å²) in [6.07, 6.45) is 0. The molecule has 0 aromatic heterocycles. The summed E-state index contributed by atoms with van der Waals surface area (Å²) in [6.45, 7) is 2.43. The number of hydrogen-bond acceptors (Lipinski definition) is 3. The average Bonchev–Trinajstić information content (AvgIpc) is 2.39. The Hall–Kier alpha value is -1.32. The molecule has 92 valence electrons. The molecule has 0 bridgehead atoms. The second kappa shape index (κ2) is 7.09. The fourth-order valence-corrected chi connectivity index (χ4v) is 1.48. The number of benzene rings is 1. The van der Waals surface area contributed by atoms with Crippen molar-refractivity contribution in [2.45, 2.75) is 13.0 Å². The third-order valence-corrected chi connectivity index (χ3v) is 2.71. The van der Waals surface area contributed by atoms with Crippen molar-refractivity contribution < 1.29 is 9.53 Å². The topological polar surface area (TPSA) is 38.3 Å². The van der Waals surface area contributed by atoms with Crippen molar-refractivity contribution in [2.75, 3.05) is 13.7 Å². The Morgan fingerprint density at radius 1 is 1.47 bits per heavy atom. The van der Waals surface area contributed by atoms with E-state index in [2.05, 4.69) is 5.32 Å². The highest BCUT2D eigenvalue weighted by atomic mass is 35.5. The first-order valence-electron chi connectivity index (χ1n) is 5.31. The molecule has 0 amide bonds. The van der Waals surface area contributed by atoms with Gasteiger partial charge in [0.2, 0.25) is 0 Å². The Morgan fingerprint density at radius 3 is 2.65 bits per heavy atom. The molecule has 0 spiro atoms. The van der Waals surface area contributed by atoms with Gasteiger partial charge in [-0.3, -0.25) is 5.32 Å². The molecule has 1 aromatic carbocycles. The molecule has 0 aliphatic rings. The minimum absolute atomic E-state index is 0.307. The van der Waals surface area contributed by atoms with Crippen molar-refractivity contribution in [3.8, 4) is 0 Å². The van der Waals surface area contributed by atoms with Crippen LogP contribution in [0.4, 0.5) is 0 Å². The molecule has 1 rings (SSSR count). The molecule has 0 heterocycles. The van der Waals surface area contributed by atoms with Crippen molar-refractivity contribution in [1.82, 2.24) is 5.32 Å². The lowest BCUT2D eigenvalue weighted by molar-refractivity contribution is -0.143. The van der Waals surface area contributed by atoms with Crippen LogP contribution in [0.25, 0.3) is 0 Å². The molecule has 3 nitrogen and oxygen atoms in total. The summed E-state index contributed by atoms with van der Waals surface area (Å²) in [5, 5.41) is 3.11. The zero-order chi connectivity index (χ0) is 12.7. The Balaban J connectivity index is 2.78. The molecule has 1 aromatic rings. The zero-order valence-corrected chi connectivity index (χ0v) is 10.7. The minimum Gasteiger partial charge on any atom is -0.468 e. The van der Waals surface area contributed by atoms with E-state index in [1.807, 2.05) is 37.3 Å². The highest BCUT2D eigenvalue weighted by Gasteiger charge is 2.20. The van der Waals surface area contributed by atoms with Gasteiger partial charge in [0.25, 0.3) is 0 Å². The van der Waals surface area contributed by atoms with E-state index in [4.69, 9.17) is 16.3 Å². The summed E-state index contributed by atoms with van der Waals surface area (Å²) in [7, 11) is 1.38. The first kappa shape index (κ1) is 13.7. The van der Waals surface area contributed by atoms with Crippen LogP contribution in [0.3, 0.4) is 0 Å². The lowest BCUT2D eigenvalue weighted by atomic mass is 10.1. The summed E-state index contributed by atoms with van der Waals surface area (Å²) in [4.78, 5) is 11.7.